The topological polar surface area (TPSA) is 41.9 Å². The van der Waals surface area contributed by atoms with Gasteiger partial charge in [0.1, 0.15) is 0 Å². The van der Waals surface area contributed by atoms with E-state index in [9.17, 15) is 4.79 Å². The van der Waals surface area contributed by atoms with Crippen molar-refractivity contribution < 1.29 is 9.53 Å². The normalized spacial score (nSPS) is 27.4. The van der Waals surface area contributed by atoms with E-state index in [1.54, 1.807) is 0 Å². The second-order valence-corrected chi connectivity index (χ2v) is 6.97. The Morgan fingerprint density at radius 2 is 1.91 bits per heavy atom. The smallest absolute Gasteiger partial charge is 0.286 e. The molecule has 0 aromatic heterocycles. The summed E-state index contributed by atoms with van der Waals surface area (Å²) in [5, 5.41) is 1.45. The van der Waals surface area contributed by atoms with E-state index in [1.165, 1.54) is 11.8 Å². The van der Waals surface area contributed by atoms with E-state index in [4.69, 9.17) is 16.3 Å². The zero-order valence-electron chi connectivity index (χ0n) is 12.5. The van der Waals surface area contributed by atoms with Gasteiger partial charge in [-0.3, -0.25) is 4.79 Å². The van der Waals surface area contributed by atoms with Crippen molar-refractivity contribution in [3.8, 4) is 0 Å². The third-order valence-electron chi connectivity index (χ3n) is 3.47. The fraction of sp³-hybridized carbons (Fsp3) is 0.375. The molecule has 2 atom stereocenters. The number of aliphatic imine (C=N–C) groups is 1. The Labute approximate surface area is 139 Å². The van der Waals surface area contributed by atoms with E-state index < -0.39 is 0 Å². The monoisotopic (exact) mass is 336 g/mol. The molecule has 1 fully saturated rings. The van der Waals surface area contributed by atoms with Crippen molar-refractivity contribution in [1.82, 2.24) is 4.90 Å². The number of hydrogen-bond acceptors (Lipinski definition) is 4. The van der Waals surface area contributed by atoms with Gasteiger partial charge in [-0.2, -0.15) is 4.99 Å². The first-order valence-electron chi connectivity index (χ1n) is 7.20. The molecule has 4 nitrogen and oxygen atoms in total. The van der Waals surface area contributed by atoms with Crippen LogP contribution in [0.5, 0.6) is 0 Å². The minimum atomic E-state index is -0.179. The molecule has 3 rings (SSSR count). The van der Waals surface area contributed by atoms with Gasteiger partial charge in [0.05, 0.1) is 17.1 Å². The molecule has 6 heteroatoms. The third kappa shape index (κ3) is 3.54. The van der Waals surface area contributed by atoms with Crippen LogP contribution in [0.4, 0.5) is 0 Å². The Morgan fingerprint density at radius 3 is 2.55 bits per heavy atom. The maximum atomic E-state index is 12.1. The zero-order valence-corrected chi connectivity index (χ0v) is 14.0. The number of carbonyl (C=O) groups excluding carboxylic acids is 1. The summed E-state index contributed by atoms with van der Waals surface area (Å²) in [6.45, 7) is 5.60. The standard InChI is InChI=1S/C16H17ClN2O2S/c1-10-8-19(9-11(2)21-10)16-18-15(20)14(22-16)7-12-3-5-13(17)6-4-12/h3-7,10-11H,8-9H2,1-2H3/b14-7-/t10-,11+. The van der Waals surface area contributed by atoms with Gasteiger partial charge in [-0.1, -0.05) is 23.7 Å². The molecule has 0 saturated carbocycles. The predicted octanol–water partition coefficient (Wildman–Crippen LogP) is 3.42. The number of hydrogen-bond donors (Lipinski definition) is 0. The van der Waals surface area contributed by atoms with Crippen LogP contribution in [-0.2, 0) is 9.53 Å². The molecule has 1 aromatic carbocycles. The third-order valence-corrected chi connectivity index (χ3v) is 4.76. The van der Waals surface area contributed by atoms with Crippen LogP contribution >= 0.6 is 23.4 Å². The van der Waals surface area contributed by atoms with Crippen LogP contribution in [0.3, 0.4) is 0 Å². The Morgan fingerprint density at radius 1 is 1.27 bits per heavy atom. The molecule has 1 amide bonds. The van der Waals surface area contributed by atoms with Crippen molar-refractivity contribution in [2.75, 3.05) is 13.1 Å². The number of morpholine rings is 1. The minimum absolute atomic E-state index is 0.145. The lowest BCUT2D eigenvalue weighted by Gasteiger charge is -2.35. The number of rotatable bonds is 1. The highest BCUT2D eigenvalue weighted by molar-refractivity contribution is 8.18. The van der Waals surface area contributed by atoms with Crippen LogP contribution in [0.1, 0.15) is 19.4 Å². The van der Waals surface area contributed by atoms with Crippen LogP contribution in [0.2, 0.25) is 5.02 Å². The lowest BCUT2D eigenvalue weighted by molar-refractivity contribution is -0.113. The lowest BCUT2D eigenvalue weighted by Crippen LogP contribution is -2.47. The Balaban J connectivity index is 1.74. The first-order valence-corrected chi connectivity index (χ1v) is 8.39. The van der Waals surface area contributed by atoms with Crippen LogP contribution in [-0.4, -0.2) is 41.3 Å². The van der Waals surface area contributed by atoms with E-state index in [0.717, 1.165) is 23.8 Å². The summed E-state index contributed by atoms with van der Waals surface area (Å²) in [6.07, 6.45) is 2.14. The highest BCUT2D eigenvalue weighted by Gasteiger charge is 2.30. The van der Waals surface area contributed by atoms with Crippen molar-refractivity contribution in [1.29, 1.82) is 0 Å². The molecular weight excluding hydrogens is 320 g/mol. The molecule has 0 bridgehead atoms. The molecule has 1 aromatic rings. The van der Waals surface area contributed by atoms with Crippen molar-refractivity contribution in [3.05, 3.63) is 39.8 Å². The molecule has 0 radical (unpaired) electrons. The molecule has 0 aliphatic carbocycles. The fourth-order valence-electron chi connectivity index (χ4n) is 2.58. The predicted molar refractivity (Wildman–Crippen MR) is 91.0 cm³/mol. The van der Waals surface area contributed by atoms with Crippen LogP contribution in [0, 0.1) is 0 Å². The highest BCUT2D eigenvalue weighted by Crippen LogP contribution is 2.31. The molecular formula is C16H17ClN2O2S. The van der Waals surface area contributed by atoms with Crippen molar-refractivity contribution in [2.24, 2.45) is 4.99 Å². The maximum absolute atomic E-state index is 12.1. The average molecular weight is 337 g/mol. The molecule has 0 unspecified atom stereocenters. The SMILES string of the molecule is C[C@@H]1CN(C2=NC(=O)/C(=C/c3ccc(Cl)cc3)S2)C[C@H](C)O1. The lowest BCUT2D eigenvalue weighted by atomic mass is 10.2. The van der Waals surface area contributed by atoms with Gasteiger partial charge in [0.15, 0.2) is 5.17 Å². The molecule has 0 N–H and O–H groups in total. The Bertz CT molecular complexity index is 632. The minimum Gasteiger partial charge on any atom is -0.372 e. The highest BCUT2D eigenvalue weighted by atomic mass is 35.5. The summed E-state index contributed by atoms with van der Waals surface area (Å²) >= 11 is 7.30. The summed E-state index contributed by atoms with van der Waals surface area (Å²) in [6, 6.07) is 7.40. The summed E-state index contributed by atoms with van der Waals surface area (Å²) in [5.41, 5.74) is 0.945. The van der Waals surface area contributed by atoms with Crippen LogP contribution in [0.15, 0.2) is 34.2 Å². The van der Waals surface area contributed by atoms with E-state index in [2.05, 4.69) is 9.89 Å². The summed E-state index contributed by atoms with van der Waals surface area (Å²) in [5.74, 6) is -0.179. The molecule has 0 spiro atoms. The van der Waals surface area contributed by atoms with Gasteiger partial charge in [-0.05, 0) is 49.4 Å². The fourth-order valence-corrected chi connectivity index (χ4v) is 3.64. The number of carbonyl (C=O) groups is 1. The number of nitrogens with zero attached hydrogens (tertiary/aromatic N) is 2. The summed E-state index contributed by atoms with van der Waals surface area (Å²) < 4.78 is 5.72. The second-order valence-electron chi connectivity index (χ2n) is 5.52. The van der Waals surface area contributed by atoms with Crippen LogP contribution in [0.25, 0.3) is 6.08 Å². The number of halogens is 1. The van der Waals surface area contributed by atoms with Gasteiger partial charge in [-0.15, -0.1) is 0 Å². The van der Waals surface area contributed by atoms with Gasteiger partial charge in [0.25, 0.3) is 5.91 Å². The number of ether oxygens (including phenoxy) is 1. The summed E-state index contributed by atoms with van der Waals surface area (Å²) in [7, 11) is 0. The molecule has 1 saturated heterocycles. The number of benzene rings is 1. The quantitative estimate of drug-likeness (QED) is 0.737. The van der Waals surface area contributed by atoms with Gasteiger partial charge >= 0.3 is 0 Å². The zero-order chi connectivity index (χ0) is 15.7. The van der Waals surface area contributed by atoms with E-state index in [-0.39, 0.29) is 18.1 Å². The van der Waals surface area contributed by atoms with Gasteiger partial charge in [0, 0.05) is 18.1 Å². The summed E-state index contributed by atoms with van der Waals surface area (Å²) in [4.78, 5) is 19.1. The number of thioether (sulfide) groups is 1. The van der Waals surface area contributed by atoms with Gasteiger partial charge in [0.2, 0.25) is 0 Å². The number of amidine groups is 1. The largest absolute Gasteiger partial charge is 0.372 e. The van der Waals surface area contributed by atoms with Crippen molar-refractivity contribution in [2.45, 2.75) is 26.1 Å². The van der Waals surface area contributed by atoms with Crippen molar-refractivity contribution in [3.63, 3.8) is 0 Å². The van der Waals surface area contributed by atoms with E-state index in [1.807, 2.05) is 44.2 Å². The Kier molecular flexibility index (Phi) is 4.57. The number of amides is 1. The first kappa shape index (κ1) is 15.6. The van der Waals surface area contributed by atoms with Crippen molar-refractivity contribution >= 4 is 40.5 Å². The van der Waals surface area contributed by atoms with E-state index in [0.29, 0.717) is 9.93 Å². The maximum Gasteiger partial charge on any atom is 0.286 e. The average Bonchev–Trinajstić information content (AvgIpc) is 2.82. The van der Waals surface area contributed by atoms with E-state index >= 15 is 0 Å². The molecule has 2 heterocycles. The molecule has 2 aliphatic heterocycles. The first-order chi connectivity index (χ1) is 10.5. The second kappa shape index (κ2) is 6.44. The van der Waals surface area contributed by atoms with Gasteiger partial charge in [-0.25, -0.2) is 0 Å². The molecule has 22 heavy (non-hydrogen) atoms. The molecule has 116 valence electrons. The van der Waals surface area contributed by atoms with Crippen LogP contribution < -0.4 is 0 Å². The van der Waals surface area contributed by atoms with Gasteiger partial charge < -0.3 is 9.64 Å². The molecule has 2 aliphatic rings. The Hall–Kier alpha value is -1.30.